The minimum absolute atomic E-state index is 0.470. The molecule has 1 aliphatic rings. The van der Waals surface area contributed by atoms with Crippen molar-refractivity contribution < 1.29 is 0 Å². The zero-order valence-electron chi connectivity index (χ0n) is 13.7. The fraction of sp³-hybridized carbons (Fsp3) is 1.00. The molecule has 1 N–H and O–H groups in total. The van der Waals surface area contributed by atoms with Crippen molar-refractivity contribution in [2.45, 2.75) is 46.5 Å². The molecule has 1 aliphatic heterocycles. The van der Waals surface area contributed by atoms with Gasteiger partial charge in [-0.25, -0.2) is 0 Å². The Bertz CT molecular complexity index is 226. The molecule has 1 rings (SSSR count). The van der Waals surface area contributed by atoms with E-state index in [1.807, 2.05) is 0 Å². The summed E-state index contributed by atoms with van der Waals surface area (Å²) in [7, 11) is 2.25. The van der Waals surface area contributed by atoms with Crippen molar-refractivity contribution in [2.75, 3.05) is 52.9 Å². The monoisotopic (exact) mass is 269 g/mol. The van der Waals surface area contributed by atoms with E-state index in [1.165, 1.54) is 65.0 Å². The number of likely N-dealkylation sites (N-methyl/N-ethyl adjacent to an activating group) is 1. The Kier molecular flexibility index (Phi) is 7.96. The van der Waals surface area contributed by atoms with Gasteiger partial charge in [-0.3, -0.25) is 0 Å². The van der Waals surface area contributed by atoms with Crippen molar-refractivity contribution >= 4 is 0 Å². The molecule has 1 saturated heterocycles. The first-order valence-electron chi connectivity index (χ1n) is 8.27. The number of hydrogen-bond acceptors (Lipinski definition) is 3. The van der Waals surface area contributed by atoms with Crippen molar-refractivity contribution in [2.24, 2.45) is 5.41 Å². The van der Waals surface area contributed by atoms with E-state index in [4.69, 9.17) is 0 Å². The predicted molar refractivity (Wildman–Crippen MR) is 84.7 cm³/mol. The van der Waals surface area contributed by atoms with Gasteiger partial charge in [0, 0.05) is 26.2 Å². The van der Waals surface area contributed by atoms with E-state index in [2.05, 4.69) is 42.9 Å². The van der Waals surface area contributed by atoms with Gasteiger partial charge in [0.1, 0.15) is 0 Å². The average molecular weight is 269 g/mol. The second-order valence-electron chi connectivity index (χ2n) is 6.32. The molecular weight excluding hydrogens is 234 g/mol. The molecule has 0 aromatic carbocycles. The number of hydrogen-bond donors (Lipinski definition) is 1. The summed E-state index contributed by atoms with van der Waals surface area (Å²) in [6.07, 6.45) is 5.12. The summed E-state index contributed by atoms with van der Waals surface area (Å²) in [6, 6.07) is 0. The molecule has 0 amide bonds. The van der Waals surface area contributed by atoms with Crippen molar-refractivity contribution in [3.63, 3.8) is 0 Å². The molecule has 0 aromatic heterocycles. The van der Waals surface area contributed by atoms with Gasteiger partial charge < -0.3 is 15.1 Å². The van der Waals surface area contributed by atoms with Crippen LogP contribution in [0.15, 0.2) is 0 Å². The Labute approximate surface area is 120 Å². The van der Waals surface area contributed by atoms with Crippen LogP contribution in [0.5, 0.6) is 0 Å². The van der Waals surface area contributed by atoms with Crippen LogP contribution in [0.4, 0.5) is 0 Å². The first-order chi connectivity index (χ1) is 9.15. The summed E-state index contributed by atoms with van der Waals surface area (Å²) in [5, 5.41) is 3.65. The molecule has 0 radical (unpaired) electrons. The van der Waals surface area contributed by atoms with E-state index >= 15 is 0 Å². The van der Waals surface area contributed by atoms with Crippen molar-refractivity contribution in [1.29, 1.82) is 0 Å². The molecule has 0 saturated carbocycles. The first-order valence-corrected chi connectivity index (χ1v) is 8.27. The standard InChI is InChI=1S/C16H35N3/c1-5-9-17-14-16(6-2,7-3)15-19-11-8-10-18(4)12-13-19/h17H,5-15H2,1-4H3. The average Bonchev–Trinajstić information content (AvgIpc) is 2.63. The van der Waals surface area contributed by atoms with E-state index in [-0.39, 0.29) is 0 Å². The molecule has 114 valence electrons. The van der Waals surface area contributed by atoms with E-state index in [0.29, 0.717) is 5.41 Å². The van der Waals surface area contributed by atoms with Crippen LogP contribution >= 0.6 is 0 Å². The number of rotatable bonds is 8. The fourth-order valence-electron chi connectivity index (χ4n) is 3.04. The number of nitrogens with one attached hydrogen (secondary N) is 1. The molecule has 3 heteroatoms. The van der Waals surface area contributed by atoms with E-state index < -0.39 is 0 Å². The zero-order valence-corrected chi connectivity index (χ0v) is 13.7. The van der Waals surface area contributed by atoms with Gasteiger partial charge in [0.2, 0.25) is 0 Å². The first kappa shape index (κ1) is 16.9. The van der Waals surface area contributed by atoms with Crippen LogP contribution < -0.4 is 5.32 Å². The van der Waals surface area contributed by atoms with Crippen LogP contribution in [0, 0.1) is 5.41 Å². The fourth-order valence-corrected chi connectivity index (χ4v) is 3.04. The maximum Gasteiger partial charge on any atom is 0.0109 e. The Morgan fingerprint density at radius 2 is 1.74 bits per heavy atom. The Morgan fingerprint density at radius 3 is 2.37 bits per heavy atom. The third kappa shape index (κ3) is 5.80. The van der Waals surface area contributed by atoms with E-state index in [1.54, 1.807) is 0 Å². The minimum atomic E-state index is 0.470. The molecule has 1 heterocycles. The van der Waals surface area contributed by atoms with E-state index in [0.717, 1.165) is 6.54 Å². The molecule has 0 atom stereocenters. The quantitative estimate of drug-likeness (QED) is 0.683. The molecule has 0 spiro atoms. The molecule has 0 aromatic rings. The minimum Gasteiger partial charge on any atom is -0.316 e. The van der Waals surface area contributed by atoms with Crippen LogP contribution in [0.25, 0.3) is 0 Å². The summed E-state index contributed by atoms with van der Waals surface area (Å²) >= 11 is 0. The highest BCUT2D eigenvalue weighted by Crippen LogP contribution is 2.27. The highest BCUT2D eigenvalue weighted by Gasteiger charge is 2.28. The SMILES string of the molecule is CCCNCC(CC)(CC)CN1CCCN(C)CC1. The van der Waals surface area contributed by atoms with Gasteiger partial charge in [0.05, 0.1) is 0 Å². The van der Waals surface area contributed by atoms with Gasteiger partial charge in [0.25, 0.3) is 0 Å². The van der Waals surface area contributed by atoms with Crippen molar-refractivity contribution in [1.82, 2.24) is 15.1 Å². The summed E-state index contributed by atoms with van der Waals surface area (Å²) in [6.45, 7) is 15.6. The number of nitrogens with zero attached hydrogens (tertiary/aromatic N) is 2. The maximum atomic E-state index is 3.65. The smallest absolute Gasteiger partial charge is 0.0109 e. The van der Waals surface area contributed by atoms with Crippen molar-refractivity contribution in [3.8, 4) is 0 Å². The summed E-state index contributed by atoms with van der Waals surface area (Å²) in [5.41, 5.74) is 0.470. The van der Waals surface area contributed by atoms with Gasteiger partial charge in [-0.2, -0.15) is 0 Å². The highest BCUT2D eigenvalue weighted by molar-refractivity contribution is 4.84. The highest BCUT2D eigenvalue weighted by atomic mass is 15.2. The zero-order chi connectivity index (χ0) is 14.1. The Morgan fingerprint density at radius 1 is 1.00 bits per heavy atom. The molecule has 0 unspecified atom stereocenters. The van der Waals surface area contributed by atoms with Crippen LogP contribution in [-0.4, -0.2) is 62.7 Å². The van der Waals surface area contributed by atoms with Gasteiger partial charge in [-0.1, -0.05) is 20.8 Å². The van der Waals surface area contributed by atoms with Gasteiger partial charge >= 0.3 is 0 Å². The lowest BCUT2D eigenvalue weighted by atomic mass is 9.81. The molecule has 0 aliphatic carbocycles. The molecule has 1 fully saturated rings. The van der Waals surface area contributed by atoms with Gasteiger partial charge in [-0.05, 0) is 57.8 Å². The molecule has 19 heavy (non-hydrogen) atoms. The third-order valence-electron chi connectivity index (χ3n) is 4.80. The van der Waals surface area contributed by atoms with Crippen LogP contribution in [0.3, 0.4) is 0 Å². The summed E-state index contributed by atoms with van der Waals surface area (Å²) in [4.78, 5) is 5.17. The normalized spacial score (nSPS) is 19.6. The molecule has 3 nitrogen and oxygen atoms in total. The van der Waals surface area contributed by atoms with Crippen molar-refractivity contribution in [3.05, 3.63) is 0 Å². The van der Waals surface area contributed by atoms with Gasteiger partial charge in [0.15, 0.2) is 0 Å². The molecular formula is C16H35N3. The lowest BCUT2D eigenvalue weighted by Gasteiger charge is -2.37. The lowest BCUT2D eigenvalue weighted by Crippen LogP contribution is -2.44. The predicted octanol–water partition coefficient (Wildman–Crippen LogP) is 2.43. The summed E-state index contributed by atoms with van der Waals surface area (Å²) < 4.78 is 0. The second kappa shape index (κ2) is 8.93. The van der Waals surface area contributed by atoms with Crippen LogP contribution in [-0.2, 0) is 0 Å². The maximum absolute atomic E-state index is 3.65. The second-order valence-corrected chi connectivity index (χ2v) is 6.32. The Hall–Kier alpha value is -0.120. The Balaban J connectivity index is 2.50. The lowest BCUT2D eigenvalue weighted by molar-refractivity contribution is 0.137. The topological polar surface area (TPSA) is 18.5 Å². The van der Waals surface area contributed by atoms with E-state index in [9.17, 15) is 0 Å². The van der Waals surface area contributed by atoms with Gasteiger partial charge in [-0.15, -0.1) is 0 Å². The van der Waals surface area contributed by atoms with Crippen LogP contribution in [0.2, 0.25) is 0 Å². The summed E-state index contributed by atoms with van der Waals surface area (Å²) in [5.74, 6) is 0. The third-order valence-corrected chi connectivity index (χ3v) is 4.80. The molecule has 0 bridgehead atoms. The largest absolute Gasteiger partial charge is 0.316 e. The van der Waals surface area contributed by atoms with Crippen LogP contribution in [0.1, 0.15) is 46.5 Å².